The van der Waals surface area contributed by atoms with Crippen molar-refractivity contribution in [3.63, 3.8) is 0 Å². The Balaban J connectivity index is 2.49. The van der Waals surface area contributed by atoms with Gasteiger partial charge in [-0.1, -0.05) is 0 Å². The first-order chi connectivity index (χ1) is 7.70. The predicted octanol–water partition coefficient (Wildman–Crippen LogP) is 2.04. The quantitative estimate of drug-likeness (QED) is 0.832. The molecule has 0 aliphatic heterocycles. The minimum atomic E-state index is 0.648. The van der Waals surface area contributed by atoms with Gasteiger partial charge in [-0.15, -0.1) is 0 Å². The van der Waals surface area contributed by atoms with Gasteiger partial charge in [0.2, 0.25) is 0 Å². The minimum absolute atomic E-state index is 0.648. The number of nitrogens with zero attached hydrogens (tertiary/aromatic N) is 2. The van der Waals surface area contributed by atoms with Crippen LogP contribution < -0.4 is 10.5 Å². The highest BCUT2D eigenvalue weighted by Crippen LogP contribution is 2.25. The summed E-state index contributed by atoms with van der Waals surface area (Å²) in [5.74, 6) is 0.694. The van der Waals surface area contributed by atoms with E-state index >= 15 is 0 Å². The number of rotatable bonds is 2. The van der Waals surface area contributed by atoms with Gasteiger partial charge in [-0.2, -0.15) is 0 Å². The molecule has 0 aliphatic rings. The third-order valence-corrected chi connectivity index (χ3v) is 2.28. The maximum absolute atomic E-state index is 5.91. The monoisotopic (exact) mass is 215 g/mol. The second kappa shape index (κ2) is 4.18. The molecule has 0 radical (unpaired) electrons. The molecule has 0 amide bonds. The van der Waals surface area contributed by atoms with Crippen molar-refractivity contribution < 1.29 is 4.74 Å². The van der Waals surface area contributed by atoms with E-state index in [4.69, 9.17) is 10.5 Å². The van der Waals surface area contributed by atoms with Crippen LogP contribution in [-0.2, 0) is 0 Å². The molecule has 2 heterocycles. The van der Waals surface area contributed by atoms with Gasteiger partial charge in [0.15, 0.2) is 0 Å². The van der Waals surface area contributed by atoms with Gasteiger partial charge >= 0.3 is 0 Å². The van der Waals surface area contributed by atoms with Gasteiger partial charge in [0.05, 0.1) is 24.7 Å². The molecule has 16 heavy (non-hydrogen) atoms. The third kappa shape index (κ3) is 1.95. The molecule has 0 aromatic carbocycles. The molecule has 0 fully saturated rings. The van der Waals surface area contributed by atoms with Crippen molar-refractivity contribution in [1.29, 1.82) is 0 Å². The average molecular weight is 215 g/mol. The largest absolute Gasteiger partial charge is 0.495 e. The molecule has 2 aromatic heterocycles. The normalized spacial score (nSPS) is 10.1. The van der Waals surface area contributed by atoms with E-state index in [0.29, 0.717) is 11.4 Å². The lowest BCUT2D eigenvalue weighted by Crippen LogP contribution is -1.95. The Kier molecular flexibility index (Phi) is 2.72. The summed E-state index contributed by atoms with van der Waals surface area (Å²) < 4.78 is 5.11. The van der Waals surface area contributed by atoms with Crippen molar-refractivity contribution >= 4 is 5.69 Å². The number of nitrogens with two attached hydrogens (primary N) is 1. The summed E-state index contributed by atoms with van der Waals surface area (Å²) in [6.45, 7) is 1.96. The van der Waals surface area contributed by atoms with Crippen LogP contribution in [-0.4, -0.2) is 17.1 Å². The number of hydrogen-bond acceptors (Lipinski definition) is 4. The number of anilines is 1. The zero-order valence-electron chi connectivity index (χ0n) is 9.27. The number of methoxy groups -OCH3 is 1. The fraction of sp³-hybridized carbons (Fsp3) is 0.167. The summed E-state index contributed by atoms with van der Waals surface area (Å²) in [5, 5.41) is 0. The van der Waals surface area contributed by atoms with E-state index in [2.05, 4.69) is 9.97 Å². The molecular weight excluding hydrogens is 202 g/mol. The molecule has 0 spiro atoms. The van der Waals surface area contributed by atoms with Gasteiger partial charge in [0, 0.05) is 18.0 Å². The molecule has 2 rings (SSSR count). The highest BCUT2D eigenvalue weighted by molar-refractivity contribution is 5.72. The van der Waals surface area contributed by atoms with Crippen molar-refractivity contribution in [3.8, 4) is 17.0 Å². The fourth-order valence-corrected chi connectivity index (χ4v) is 1.49. The second-order valence-corrected chi connectivity index (χ2v) is 3.56. The van der Waals surface area contributed by atoms with Gasteiger partial charge in [0.25, 0.3) is 0 Å². The molecule has 4 heteroatoms. The lowest BCUT2D eigenvalue weighted by atomic mass is 10.1. The first-order valence-electron chi connectivity index (χ1n) is 4.92. The summed E-state index contributed by atoms with van der Waals surface area (Å²) in [4.78, 5) is 8.38. The summed E-state index contributed by atoms with van der Waals surface area (Å²) in [6, 6.07) is 3.75. The van der Waals surface area contributed by atoms with Crippen LogP contribution in [0.5, 0.6) is 5.75 Å². The van der Waals surface area contributed by atoms with E-state index in [1.165, 1.54) is 0 Å². The Morgan fingerprint density at radius 3 is 2.69 bits per heavy atom. The SMILES string of the molecule is COc1cncc(-c2ncc(C)cc2N)c1. The lowest BCUT2D eigenvalue weighted by Gasteiger charge is -2.06. The Labute approximate surface area is 94.1 Å². The number of aryl methyl sites for hydroxylation is 1. The highest BCUT2D eigenvalue weighted by Gasteiger charge is 2.05. The molecule has 0 unspecified atom stereocenters. The van der Waals surface area contributed by atoms with Crippen LogP contribution in [0.1, 0.15) is 5.56 Å². The first-order valence-corrected chi connectivity index (χ1v) is 4.92. The topological polar surface area (TPSA) is 61.0 Å². The van der Waals surface area contributed by atoms with Crippen LogP contribution in [0.4, 0.5) is 5.69 Å². The van der Waals surface area contributed by atoms with E-state index in [-0.39, 0.29) is 0 Å². The number of aromatic nitrogens is 2. The molecule has 2 N–H and O–H groups in total. The standard InChI is InChI=1S/C12H13N3O/c1-8-3-11(13)12(15-5-8)9-4-10(16-2)7-14-6-9/h3-7H,13H2,1-2H3. The van der Waals surface area contributed by atoms with Crippen molar-refractivity contribution in [1.82, 2.24) is 9.97 Å². The number of nitrogen functional groups attached to an aromatic ring is 1. The first kappa shape index (κ1) is 10.4. The third-order valence-electron chi connectivity index (χ3n) is 2.28. The number of hydrogen-bond donors (Lipinski definition) is 1. The highest BCUT2D eigenvalue weighted by atomic mass is 16.5. The van der Waals surface area contributed by atoms with Gasteiger partial charge in [-0.05, 0) is 24.6 Å². The van der Waals surface area contributed by atoms with E-state index in [1.54, 1.807) is 25.7 Å². The van der Waals surface area contributed by atoms with E-state index in [0.717, 1.165) is 16.8 Å². The summed E-state index contributed by atoms with van der Waals surface area (Å²) in [6.07, 6.45) is 5.15. The molecular formula is C12H13N3O. The van der Waals surface area contributed by atoms with Crippen LogP contribution in [0.15, 0.2) is 30.7 Å². The van der Waals surface area contributed by atoms with Gasteiger partial charge in [-0.3, -0.25) is 9.97 Å². The Hall–Kier alpha value is -2.10. The van der Waals surface area contributed by atoms with Crippen molar-refractivity contribution in [2.24, 2.45) is 0 Å². The van der Waals surface area contributed by atoms with Gasteiger partial charge in [0.1, 0.15) is 5.75 Å². The van der Waals surface area contributed by atoms with Crippen LogP contribution >= 0.6 is 0 Å². The van der Waals surface area contributed by atoms with E-state index in [9.17, 15) is 0 Å². The van der Waals surface area contributed by atoms with Gasteiger partial charge in [-0.25, -0.2) is 0 Å². The molecule has 0 atom stereocenters. The smallest absolute Gasteiger partial charge is 0.137 e. The molecule has 2 aromatic rings. The zero-order chi connectivity index (χ0) is 11.5. The molecule has 82 valence electrons. The fourth-order valence-electron chi connectivity index (χ4n) is 1.49. The average Bonchev–Trinajstić information content (AvgIpc) is 2.29. The molecule has 0 aliphatic carbocycles. The lowest BCUT2D eigenvalue weighted by molar-refractivity contribution is 0.413. The second-order valence-electron chi connectivity index (χ2n) is 3.56. The summed E-state index contributed by atoms with van der Waals surface area (Å²) in [5.41, 5.74) is 9.19. The Morgan fingerprint density at radius 2 is 2.00 bits per heavy atom. The van der Waals surface area contributed by atoms with Crippen LogP contribution in [0, 0.1) is 6.92 Å². The Morgan fingerprint density at radius 1 is 1.19 bits per heavy atom. The summed E-state index contributed by atoms with van der Waals surface area (Å²) in [7, 11) is 1.60. The molecule has 0 saturated carbocycles. The molecule has 4 nitrogen and oxygen atoms in total. The predicted molar refractivity (Wildman–Crippen MR) is 63.2 cm³/mol. The van der Waals surface area contributed by atoms with Crippen LogP contribution in [0.3, 0.4) is 0 Å². The van der Waals surface area contributed by atoms with E-state index < -0.39 is 0 Å². The molecule has 0 saturated heterocycles. The van der Waals surface area contributed by atoms with E-state index in [1.807, 2.05) is 19.1 Å². The maximum atomic E-state index is 5.91. The zero-order valence-corrected chi connectivity index (χ0v) is 9.27. The van der Waals surface area contributed by atoms with Crippen LogP contribution in [0.2, 0.25) is 0 Å². The minimum Gasteiger partial charge on any atom is -0.495 e. The van der Waals surface area contributed by atoms with Gasteiger partial charge < -0.3 is 10.5 Å². The van der Waals surface area contributed by atoms with Crippen molar-refractivity contribution in [2.75, 3.05) is 12.8 Å². The summed E-state index contributed by atoms with van der Waals surface area (Å²) >= 11 is 0. The van der Waals surface area contributed by atoms with Crippen molar-refractivity contribution in [3.05, 3.63) is 36.3 Å². The van der Waals surface area contributed by atoms with Crippen molar-refractivity contribution in [2.45, 2.75) is 6.92 Å². The molecule has 0 bridgehead atoms. The maximum Gasteiger partial charge on any atom is 0.137 e. The van der Waals surface area contributed by atoms with Crippen LogP contribution in [0.25, 0.3) is 11.3 Å². The Bertz CT molecular complexity index is 511. The number of pyridine rings is 2. The number of ether oxygens (including phenoxy) is 1.